The smallest absolute Gasteiger partial charge is 0.211 e. The summed E-state index contributed by atoms with van der Waals surface area (Å²) in [5, 5.41) is 0. The number of sulfonamides is 2. The number of hydrogen-bond acceptors (Lipinski definition) is 4. The molecule has 158 valence electrons. The zero-order valence-corrected chi connectivity index (χ0v) is 19.4. The van der Waals surface area contributed by atoms with Crippen LogP contribution in [-0.2, 0) is 20.0 Å². The van der Waals surface area contributed by atoms with Gasteiger partial charge in [-0.3, -0.25) is 0 Å². The quantitative estimate of drug-likeness (QED) is 0.628. The number of aryl methyl sites for hydroxylation is 1. The molecule has 1 aliphatic heterocycles. The molecule has 2 aromatic carbocycles. The molecule has 1 atom stereocenters. The van der Waals surface area contributed by atoms with E-state index in [9.17, 15) is 16.8 Å². The van der Waals surface area contributed by atoms with Crippen molar-refractivity contribution in [3.05, 3.63) is 58.6 Å². The van der Waals surface area contributed by atoms with Crippen molar-refractivity contribution in [1.29, 1.82) is 0 Å². The van der Waals surface area contributed by atoms with Crippen molar-refractivity contribution in [3.63, 3.8) is 0 Å². The summed E-state index contributed by atoms with van der Waals surface area (Å²) in [5.41, 5.74) is 1.00. The molecule has 1 aliphatic rings. The summed E-state index contributed by atoms with van der Waals surface area (Å²) in [4.78, 5) is 0.471. The maximum absolute atomic E-state index is 13.1. The Labute approximate surface area is 181 Å². The van der Waals surface area contributed by atoms with E-state index in [2.05, 4.69) is 20.7 Å². The molecule has 9 heteroatoms. The Balaban J connectivity index is 1.69. The van der Waals surface area contributed by atoms with Gasteiger partial charge >= 0.3 is 0 Å². The van der Waals surface area contributed by atoms with Crippen LogP contribution >= 0.6 is 15.9 Å². The molecule has 0 amide bonds. The van der Waals surface area contributed by atoms with Crippen LogP contribution in [0.25, 0.3) is 0 Å². The molecule has 0 bridgehead atoms. The van der Waals surface area contributed by atoms with Gasteiger partial charge in [0.2, 0.25) is 20.0 Å². The third-order valence-electron chi connectivity index (χ3n) is 5.09. The lowest BCUT2D eigenvalue weighted by Crippen LogP contribution is -2.45. The molecule has 0 spiro atoms. The van der Waals surface area contributed by atoms with Crippen molar-refractivity contribution >= 4 is 36.0 Å². The maximum Gasteiger partial charge on any atom is 0.243 e. The zero-order chi connectivity index (χ0) is 21.1. The molecule has 1 heterocycles. The molecule has 6 nitrogen and oxygen atoms in total. The average molecular weight is 501 g/mol. The highest BCUT2D eigenvalue weighted by atomic mass is 79.9. The molecule has 1 saturated heterocycles. The van der Waals surface area contributed by atoms with Gasteiger partial charge in [-0.05, 0) is 62.6 Å². The van der Waals surface area contributed by atoms with E-state index in [1.165, 1.54) is 16.4 Å². The Kier molecular flexibility index (Phi) is 7.16. The van der Waals surface area contributed by atoms with E-state index in [0.717, 1.165) is 29.3 Å². The van der Waals surface area contributed by atoms with Gasteiger partial charge in [-0.15, -0.1) is 0 Å². The summed E-state index contributed by atoms with van der Waals surface area (Å²) >= 11 is 3.29. The van der Waals surface area contributed by atoms with Crippen molar-refractivity contribution in [2.75, 3.05) is 13.1 Å². The molecule has 29 heavy (non-hydrogen) atoms. The fourth-order valence-corrected chi connectivity index (χ4v) is 6.52. The largest absolute Gasteiger partial charge is 0.243 e. The fourth-order valence-electron chi connectivity index (χ4n) is 3.48. The van der Waals surface area contributed by atoms with E-state index >= 15 is 0 Å². The van der Waals surface area contributed by atoms with Crippen molar-refractivity contribution in [2.45, 2.75) is 48.4 Å². The first-order valence-electron chi connectivity index (χ1n) is 9.54. The highest BCUT2D eigenvalue weighted by Crippen LogP contribution is 2.27. The molecule has 1 fully saturated rings. The number of nitrogens with one attached hydrogen (secondary N) is 1. The van der Waals surface area contributed by atoms with Gasteiger partial charge in [-0.1, -0.05) is 40.0 Å². The van der Waals surface area contributed by atoms with Crippen LogP contribution in [0.2, 0.25) is 0 Å². The highest BCUT2D eigenvalue weighted by Gasteiger charge is 2.33. The summed E-state index contributed by atoms with van der Waals surface area (Å²) in [6.45, 7) is 2.56. The monoisotopic (exact) mass is 500 g/mol. The minimum Gasteiger partial charge on any atom is -0.211 e. The van der Waals surface area contributed by atoms with E-state index in [4.69, 9.17) is 0 Å². The van der Waals surface area contributed by atoms with Crippen molar-refractivity contribution < 1.29 is 16.8 Å². The zero-order valence-electron chi connectivity index (χ0n) is 16.2. The Morgan fingerprint density at radius 3 is 2.24 bits per heavy atom. The predicted octanol–water partition coefficient (Wildman–Crippen LogP) is 3.67. The van der Waals surface area contributed by atoms with Crippen LogP contribution in [-0.4, -0.2) is 40.3 Å². The minimum atomic E-state index is -3.63. The van der Waals surface area contributed by atoms with Crippen LogP contribution in [0.15, 0.2) is 62.8 Å². The predicted molar refractivity (Wildman–Crippen MR) is 117 cm³/mol. The van der Waals surface area contributed by atoms with Crippen LogP contribution in [0, 0.1) is 6.92 Å². The lowest BCUT2D eigenvalue weighted by atomic mass is 10.0. The molecule has 0 aliphatic carbocycles. The summed E-state index contributed by atoms with van der Waals surface area (Å²) < 4.78 is 56.1. The van der Waals surface area contributed by atoms with Crippen LogP contribution in [0.5, 0.6) is 0 Å². The lowest BCUT2D eigenvalue weighted by Gasteiger charge is -2.34. The highest BCUT2D eigenvalue weighted by molar-refractivity contribution is 9.10. The number of rotatable bonds is 7. The Morgan fingerprint density at radius 1 is 0.966 bits per heavy atom. The standard InChI is InChI=1S/C20H25BrN2O4S2/c1-16-5-9-20(10-6-16)29(26,27)23-15-3-2-4-18(23)13-14-22-28(24,25)19-11-7-17(21)8-12-19/h5-12,18,22H,2-4,13-15H2,1H3. The van der Waals surface area contributed by atoms with Crippen LogP contribution in [0.3, 0.4) is 0 Å². The normalized spacial score (nSPS) is 18.6. The second kappa shape index (κ2) is 9.26. The van der Waals surface area contributed by atoms with Crippen LogP contribution in [0.4, 0.5) is 0 Å². The lowest BCUT2D eigenvalue weighted by molar-refractivity contribution is 0.242. The van der Waals surface area contributed by atoms with Gasteiger partial charge in [0.25, 0.3) is 0 Å². The van der Waals surface area contributed by atoms with Crippen molar-refractivity contribution in [1.82, 2.24) is 9.03 Å². The summed E-state index contributed by atoms with van der Waals surface area (Å²) in [5.74, 6) is 0. The molecular weight excluding hydrogens is 476 g/mol. The summed E-state index contributed by atoms with van der Waals surface area (Å²) in [6, 6.07) is 13.0. The van der Waals surface area contributed by atoms with E-state index in [0.29, 0.717) is 13.0 Å². The molecule has 2 aromatic rings. The van der Waals surface area contributed by atoms with Crippen molar-refractivity contribution in [3.8, 4) is 0 Å². The van der Waals surface area contributed by atoms with Crippen molar-refractivity contribution in [2.24, 2.45) is 0 Å². The second-order valence-corrected chi connectivity index (χ2v) is 11.8. The molecule has 1 N–H and O–H groups in total. The van der Waals surface area contributed by atoms with Gasteiger partial charge in [0.05, 0.1) is 9.79 Å². The molecule has 0 saturated carbocycles. The second-order valence-electron chi connectivity index (χ2n) is 7.22. The van der Waals surface area contributed by atoms with Gasteiger partial charge in [-0.2, -0.15) is 4.31 Å². The minimum absolute atomic E-state index is 0.184. The first-order valence-corrected chi connectivity index (χ1v) is 13.3. The third-order valence-corrected chi connectivity index (χ3v) is 9.07. The Hall–Kier alpha value is -1.26. The summed E-state index contributed by atoms with van der Waals surface area (Å²) in [6.07, 6.45) is 2.90. The first-order chi connectivity index (χ1) is 13.7. The number of hydrogen-bond donors (Lipinski definition) is 1. The maximum atomic E-state index is 13.1. The van der Waals surface area contributed by atoms with E-state index in [1.807, 2.05) is 6.92 Å². The van der Waals surface area contributed by atoms with E-state index in [-0.39, 0.29) is 22.4 Å². The number of benzene rings is 2. The fraction of sp³-hybridized carbons (Fsp3) is 0.400. The number of halogens is 1. The molecule has 3 rings (SSSR count). The van der Waals surface area contributed by atoms with Crippen LogP contribution in [0.1, 0.15) is 31.2 Å². The van der Waals surface area contributed by atoms with Crippen LogP contribution < -0.4 is 4.72 Å². The van der Waals surface area contributed by atoms with Gasteiger partial charge in [0.15, 0.2) is 0 Å². The SMILES string of the molecule is Cc1ccc(S(=O)(=O)N2CCCCC2CCNS(=O)(=O)c2ccc(Br)cc2)cc1. The third kappa shape index (κ3) is 5.46. The Morgan fingerprint density at radius 2 is 1.59 bits per heavy atom. The molecule has 1 unspecified atom stereocenters. The number of piperidine rings is 1. The van der Waals surface area contributed by atoms with Gasteiger partial charge in [0.1, 0.15) is 0 Å². The van der Waals surface area contributed by atoms with E-state index < -0.39 is 20.0 Å². The topological polar surface area (TPSA) is 83.6 Å². The summed E-state index contributed by atoms with van der Waals surface area (Å²) in [7, 11) is -7.23. The number of nitrogens with zero attached hydrogens (tertiary/aromatic N) is 1. The first kappa shape index (κ1) is 22.4. The Bertz CT molecular complexity index is 1040. The molecule has 0 aromatic heterocycles. The van der Waals surface area contributed by atoms with Gasteiger partial charge in [-0.25, -0.2) is 21.6 Å². The molecule has 0 radical (unpaired) electrons. The average Bonchev–Trinajstić information content (AvgIpc) is 2.69. The van der Waals surface area contributed by atoms with E-state index in [1.54, 1.807) is 36.4 Å². The van der Waals surface area contributed by atoms with Gasteiger partial charge < -0.3 is 0 Å². The van der Waals surface area contributed by atoms with Gasteiger partial charge in [0, 0.05) is 23.6 Å². The molecular formula is C20H25BrN2O4S2.